The van der Waals surface area contributed by atoms with Crippen LogP contribution in [0.4, 0.5) is 4.39 Å². The average molecular weight is 285 g/mol. The average Bonchev–Trinajstić information content (AvgIpc) is 2.79. The van der Waals surface area contributed by atoms with E-state index in [1.54, 1.807) is 19.1 Å². The molecule has 102 valence electrons. The van der Waals surface area contributed by atoms with E-state index in [4.69, 9.17) is 16.1 Å². The van der Waals surface area contributed by atoms with Gasteiger partial charge in [0.25, 0.3) is 0 Å². The third kappa shape index (κ3) is 3.75. The molecule has 2 rings (SSSR count). The highest BCUT2D eigenvalue weighted by Gasteiger charge is 2.13. The van der Waals surface area contributed by atoms with Crippen molar-refractivity contribution in [2.75, 3.05) is 0 Å². The van der Waals surface area contributed by atoms with Gasteiger partial charge in [0, 0.05) is 23.4 Å². The van der Waals surface area contributed by atoms with E-state index in [1.807, 2.05) is 0 Å². The summed E-state index contributed by atoms with van der Waals surface area (Å²) in [5.74, 6) is 0.429. The number of aliphatic hydroxyl groups is 1. The molecule has 4 nitrogen and oxygen atoms in total. The molecule has 1 unspecified atom stereocenters. The molecule has 1 N–H and O–H groups in total. The normalized spacial score (nSPS) is 12.6. The molecule has 6 heteroatoms. The van der Waals surface area contributed by atoms with Crippen LogP contribution in [-0.2, 0) is 12.8 Å². The van der Waals surface area contributed by atoms with Gasteiger partial charge in [0.05, 0.1) is 6.10 Å². The Labute approximate surface area is 115 Å². The molecule has 2 aromatic rings. The summed E-state index contributed by atoms with van der Waals surface area (Å²) in [6.45, 7) is 1.69. The molecule has 0 aliphatic carbocycles. The van der Waals surface area contributed by atoms with Crippen LogP contribution in [0.15, 0.2) is 22.7 Å². The molecular weight excluding hydrogens is 271 g/mol. The minimum atomic E-state index is -0.420. The topological polar surface area (TPSA) is 59.2 Å². The number of hydrogen-bond donors (Lipinski definition) is 1. The zero-order valence-corrected chi connectivity index (χ0v) is 11.2. The van der Waals surface area contributed by atoms with Crippen molar-refractivity contribution in [3.8, 4) is 0 Å². The lowest BCUT2D eigenvalue weighted by Gasteiger charge is -2.01. The molecule has 19 heavy (non-hydrogen) atoms. The largest absolute Gasteiger partial charge is 0.393 e. The summed E-state index contributed by atoms with van der Waals surface area (Å²) in [4.78, 5) is 4.15. The zero-order chi connectivity index (χ0) is 13.8. The maximum Gasteiger partial charge on any atom is 0.226 e. The van der Waals surface area contributed by atoms with Crippen molar-refractivity contribution in [2.45, 2.75) is 32.3 Å². The van der Waals surface area contributed by atoms with E-state index >= 15 is 0 Å². The Morgan fingerprint density at radius 3 is 2.95 bits per heavy atom. The fraction of sp³-hybridized carbons (Fsp3) is 0.385. The van der Waals surface area contributed by atoms with Crippen molar-refractivity contribution in [1.29, 1.82) is 0 Å². The lowest BCUT2D eigenvalue weighted by Crippen LogP contribution is -2.01. The van der Waals surface area contributed by atoms with Crippen molar-refractivity contribution >= 4 is 11.6 Å². The minimum Gasteiger partial charge on any atom is -0.393 e. The maximum absolute atomic E-state index is 13.6. The van der Waals surface area contributed by atoms with Crippen molar-refractivity contribution in [3.05, 3.63) is 46.3 Å². The molecule has 1 atom stereocenters. The lowest BCUT2D eigenvalue weighted by atomic mass is 10.1. The van der Waals surface area contributed by atoms with Crippen molar-refractivity contribution in [2.24, 2.45) is 0 Å². The van der Waals surface area contributed by atoms with Gasteiger partial charge in [-0.1, -0.05) is 22.8 Å². The first-order chi connectivity index (χ1) is 9.06. The first-order valence-electron chi connectivity index (χ1n) is 5.98. The third-order valence-electron chi connectivity index (χ3n) is 2.68. The molecule has 0 radical (unpaired) electrons. The van der Waals surface area contributed by atoms with Gasteiger partial charge in [-0.05, 0) is 25.5 Å². The predicted octanol–water partition coefficient (Wildman–Crippen LogP) is 2.77. The van der Waals surface area contributed by atoms with Crippen LogP contribution in [0, 0.1) is 5.82 Å². The smallest absolute Gasteiger partial charge is 0.226 e. The summed E-state index contributed by atoms with van der Waals surface area (Å²) in [5, 5.41) is 13.3. The van der Waals surface area contributed by atoms with Crippen LogP contribution < -0.4 is 0 Å². The lowest BCUT2D eigenvalue weighted by molar-refractivity contribution is 0.180. The molecule has 1 aromatic carbocycles. The van der Waals surface area contributed by atoms with Gasteiger partial charge in [-0.2, -0.15) is 4.98 Å². The summed E-state index contributed by atoms with van der Waals surface area (Å²) in [6, 6.07) is 4.51. The number of nitrogens with zero attached hydrogens (tertiary/aromatic N) is 2. The number of aryl methyl sites for hydroxylation is 1. The number of hydrogen-bond acceptors (Lipinski definition) is 4. The van der Waals surface area contributed by atoms with E-state index in [-0.39, 0.29) is 12.2 Å². The van der Waals surface area contributed by atoms with E-state index in [0.717, 1.165) is 0 Å². The molecule has 0 aliphatic rings. The molecule has 0 spiro atoms. The summed E-state index contributed by atoms with van der Waals surface area (Å²) >= 11 is 5.93. The van der Waals surface area contributed by atoms with Gasteiger partial charge in [-0.25, -0.2) is 4.39 Å². The van der Waals surface area contributed by atoms with Crippen LogP contribution in [-0.4, -0.2) is 21.4 Å². The second-order valence-electron chi connectivity index (χ2n) is 4.37. The molecule has 0 amide bonds. The highest BCUT2D eigenvalue weighted by molar-refractivity contribution is 6.31. The van der Waals surface area contributed by atoms with Crippen molar-refractivity contribution in [3.63, 3.8) is 0 Å². The van der Waals surface area contributed by atoms with Crippen LogP contribution in [0.25, 0.3) is 0 Å². The SMILES string of the molecule is CC(O)CCc1nc(Cc2c(F)cccc2Cl)no1. The Morgan fingerprint density at radius 2 is 2.26 bits per heavy atom. The fourth-order valence-corrected chi connectivity index (χ4v) is 1.89. The van der Waals surface area contributed by atoms with Crippen molar-refractivity contribution in [1.82, 2.24) is 10.1 Å². The molecule has 0 fully saturated rings. The van der Waals surface area contributed by atoms with Gasteiger partial charge < -0.3 is 9.63 Å². The van der Waals surface area contributed by atoms with E-state index in [9.17, 15) is 9.50 Å². The predicted molar refractivity (Wildman–Crippen MR) is 68.5 cm³/mol. The molecule has 0 bridgehead atoms. The molecule has 0 saturated heterocycles. The highest BCUT2D eigenvalue weighted by atomic mass is 35.5. The monoisotopic (exact) mass is 284 g/mol. The zero-order valence-electron chi connectivity index (χ0n) is 10.4. The Morgan fingerprint density at radius 1 is 1.47 bits per heavy atom. The number of rotatable bonds is 5. The van der Waals surface area contributed by atoms with Gasteiger partial charge in [0.15, 0.2) is 5.82 Å². The Kier molecular flexibility index (Phi) is 4.50. The van der Waals surface area contributed by atoms with Crippen LogP contribution >= 0.6 is 11.6 Å². The van der Waals surface area contributed by atoms with Crippen molar-refractivity contribution < 1.29 is 14.0 Å². The van der Waals surface area contributed by atoms with E-state index < -0.39 is 6.10 Å². The Hall–Kier alpha value is -1.46. The molecule has 0 aliphatic heterocycles. The van der Waals surface area contributed by atoms with Crippen LogP contribution in [0.5, 0.6) is 0 Å². The fourth-order valence-electron chi connectivity index (χ4n) is 1.66. The molecule has 0 saturated carbocycles. The summed E-state index contributed by atoms with van der Waals surface area (Å²) in [5.41, 5.74) is 0.354. The molecule has 1 heterocycles. The Bertz CT molecular complexity index is 537. The summed E-state index contributed by atoms with van der Waals surface area (Å²) in [6.07, 6.45) is 0.804. The van der Waals surface area contributed by atoms with Crippen LogP contribution in [0.3, 0.4) is 0 Å². The van der Waals surface area contributed by atoms with Crippen LogP contribution in [0.1, 0.15) is 30.6 Å². The summed E-state index contributed by atoms with van der Waals surface area (Å²) in [7, 11) is 0. The second kappa shape index (κ2) is 6.12. The Balaban J connectivity index is 2.07. The standard InChI is InChI=1S/C13H14ClFN2O2/c1-8(18)5-6-13-16-12(17-19-13)7-9-10(14)3-2-4-11(9)15/h2-4,8,18H,5-7H2,1H3. The first-order valence-corrected chi connectivity index (χ1v) is 6.36. The van der Waals surface area contributed by atoms with Gasteiger partial charge in [-0.15, -0.1) is 0 Å². The van der Waals surface area contributed by atoms with Gasteiger partial charge in [0.1, 0.15) is 5.82 Å². The first kappa shape index (κ1) is 14.0. The van der Waals surface area contributed by atoms with E-state index in [0.29, 0.717) is 35.1 Å². The summed E-state index contributed by atoms with van der Waals surface area (Å²) < 4.78 is 18.6. The quantitative estimate of drug-likeness (QED) is 0.917. The minimum absolute atomic E-state index is 0.184. The van der Waals surface area contributed by atoms with E-state index in [1.165, 1.54) is 6.07 Å². The third-order valence-corrected chi connectivity index (χ3v) is 3.04. The number of halogens is 2. The van der Waals surface area contributed by atoms with Crippen LogP contribution in [0.2, 0.25) is 5.02 Å². The van der Waals surface area contributed by atoms with Gasteiger partial charge in [-0.3, -0.25) is 0 Å². The molecular formula is C13H14ClFN2O2. The maximum atomic E-state index is 13.6. The number of aromatic nitrogens is 2. The number of benzene rings is 1. The van der Waals surface area contributed by atoms with E-state index in [2.05, 4.69) is 10.1 Å². The second-order valence-corrected chi connectivity index (χ2v) is 4.78. The highest BCUT2D eigenvalue weighted by Crippen LogP contribution is 2.21. The van der Waals surface area contributed by atoms with Gasteiger partial charge >= 0.3 is 0 Å². The molecule has 1 aromatic heterocycles. The number of aliphatic hydroxyl groups excluding tert-OH is 1. The van der Waals surface area contributed by atoms with Gasteiger partial charge in [0.2, 0.25) is 5.89 Å².